The summed E-state index contributed by atoms with van der Waals surface area (Å²) in [5.74, 6) is -0.312. The highest BCUT2D eigenvalue weighted by Crippen LogP contribution is 2.10. The number of hydrogen-bond donors (Lipinski definition) is 2. The van der Waals surface area contributed by atoms with Crippen molar-refractivity contribution >= 4 is 11.7 Å². The first-order valence-corrected chi connectivity index (χ1v) is 4.73. The predicted molar refractivity (Wildman–Crippen MR) is 57.7 cm³/mol. The second kappa shape index (κ2) is 4.14. The third-order valence-corrected chi connectivity index (χ3v) is 2.05. The molecule has 1 aromatic heterocycles. The number of benzene rings is 1. The molecule has 0 fully saturated rings. The number of carbonyl (C=O) groups excluding carboxylic acids is 1. The lowest BCUT2D eigenvalue weighted by Crippen LogP contribution is -2.12. The molecule has 0 saturated heterocycles. The van der Waals surface area contributed by atoms with Gasteiger partial charge in [0.2, 0.25) is 0 Å². The second-order valence-electron chi connectivity index (χ2n) is 3.44. The molecule has 0 saturated carbocycles. The van der Waals surface area contributed by atoms with Gasteiger partial charge < -0.3 is 5.32 Å². The fourth-order valence-electron chi connectivity index (χ4n) is 1.39. The van der Waals surface area contributed by atoms with Gasteiger partial charge in [-0.2, -0.15) is 5.10 Å². The lowest BCUT2D eigenvalue weighted by Gasteiger charge is -2.03. The van der Waals surface area contributed by atoms with Crippen molar-refractivity contribution in [1.29, 1.82) is 0 Å². The van der Waals surface area contributed by atoms with E-state index >= 15 is 0 Å². The average molecular weight is 219 g/mol. The van der Waals surface area contributed by atoms with Crippen molar-refractivity contribution in [1.82, 2.24) is 10.2 Å². The molecule has 0 aliphatic rings. The first-order chi connectivity index (χ1) is 7.65. The summed E-state index contributed by atoms with van der Waals surface area (Å²) >= 11 is 0. The number of carbonyl (C=O) groups is 1. The third-order valence-electron chi connectivity index (χ3n) is 2.05. The zero-order valence-electron chi connectivity index (χ0n) is 8.62. The number of aromatic amines is 1. The minimum absolute atomic E-state index is 0.284. The smallest absolute Gasteiger partial charge is 0.256 e. The number of aryl methyl sites for hydroxylation is 1. The van der Waals surface area contributed by atoms with E-state index in [-0.39, 0.29) is 11.5 Å². The van der Waals surface area contributed by atoms with Crippen molar-refractivity contribution in [2.75, 3.05) is 5.32 Å². The topological polar surface area (TPSA) is 57.8 Å². The van der Waals surface area contributed by atoms with Crippen molar-refractivity contribution in [3.63, 3.8) is 0 Å². The van der Waals surface area contributed by atoms with Gasteiger partial charge in [0.05, 0.1) is 6.20 Å². The van der Waals surface area contributed by atoms with Crippen LogP contribution in [0.1, 0.15) is 15.9 Å². The molecule has 4 nitrogen and oxygen atoms in total. The number of anilines is 1. The van der Waals surface area contributed by atoms with Crippen LogP contribution in [0.5, 0.6) is 0 Å². The van der Waals surface area contributed by atoms with Crippen LogP contribution in [0.3, 0.4) is 0 Å². The van der Waals surface area contributed by atoms with Gasteiger partial charge >= 0.3 is 0 Å². The largest absolute Gasteiger partial charge is 0.307 e. The molecule has 0 spiro atoms. The molecule has 0 atom stereocenters. The van der Waals surface area contributed by atoms with Gasteiger partial charge in [-0.25, -0.2) is 4.39 Å². The Balaban J connectivity index is 2.21. The van der Waals surface area contributed by atoms with E-state index in [1.54, 1.807) is 19.1 Å². The number of hydrogen-bond acceptors (Lipinski definition) is 2. The predicted octanol–water partition coefficient (Wildman–Crippen LogP) is 2.11. The summed E-state index contributed by atoms with van der Waals surface area (Å²) in [5.41, 5.74) is 0.988. The van der Waals surface area contributed by atoms with E-state index in [0.717, 1.165) is 0 Å². The minimum atomic E-state index is -0.422. The molecule has 5 heteroatoms. The van der Waals surface area contributed by atoms with Crippen LogP contribution < -0.4 is 5.32 Å². The Morgan fingerprint density at radius 2 is 2.25 bits per heavy atom. The van der Waals surface area contributed by atoms with Crippen molar-refractivity contribution in [2.45, 2.75) is 6.92 Å². The minimum Gasteiger partial charge on any atom is -0.307 e. The standard InChI is InChI=1S/C11H10FN3O/c1-7-4-8(6-9(12)5-7)11(16)14-10-2-3-13-15-10/h2-6H,1H3,(H2,13,14,15,16). The van der Waals surface area contributed by atoms with Crippen LogP contribution in [0.25, 0.3) is 0 Å². The fourth-order valence-corrected chi connectivity index (χ4v) is 1.39. The quantitative estimate of drug-likeness (QED) is 0.812. The second-order valence-corrected chi connectivity index (χ2v) is 3.44. The van der Waals surface area contributed by atoms with E-state index in [4.69, 9.17) is 0 Å². The molecule has 0 aliphatic carbocycles. The third kappa shape index (κ3) is 2.25. The van der Waals surface area contributed by atoms with Crippen LogP contribution in [-0.2, 0) is 0 Å². The monoisotopic (exact) mass is 219 g/mol. The number of aromatic nitrogens is 2. The van der Waals surface area contributed by atoms with Gasteiger partial charge in [0.1, 0.15) is 11.6 Å². The van der Waals surface area contributed by atoms with E-state index in [9.17, 15) is 9.18 Å². The Bertz CT molecular complexity index is 488. The molecule has 1 heterocycles. The Morgan fingerprint density at radius 1 is 1.44 bits per heavy atom. The Kier molecular flexibility index (Phi) is 2.68. The van der Waals surface area contributed by atoms with Crippen molar-refractivity contribution in [3.05, 3.63) is 47.4 Å². The highest BCUT2D eigenvalue weighted by molar-refractivity contribution is 6.03. The Morgan fingerprint density at radius 3 is 2.88 bits per heavy atom. The van der Waals surface area contributed by atoms with Crippen molar-refractivity contribution < 1.29 is 9.18 Å². The lowest BCUT2D eigenvalue weighted by molar-refractivity contribution is 0.102. The average Bonchev–Trinajstić information content (AvgIpc) is 2.68. The van der Waals surface area contributed by atoms with Crippen LogP contribution in [0.15, 0.2) is 30.5 Å². The van der Waals surface area contributed by atoms with Crippen molar-refractivity contribution in [3.8, 4) is 0 Å². The van der Waals surface area contributed by atoms with Crippen LogP contribution in [0, 0.1) is 12.7 Å². The maximum absolute atomic E-state index is 13.1. The van der Waals surface area contributed by atoms with Gasteiger partial charge in [-0.05, 0) is 30.7 Å². The van der Waals surface area contributed by atoms with Crippen LogP contribution in [0.4, 0.5) is 10.2 Å². The molecular formula is C11H10FN3O. The van der Waals surface area contributed by atoms with Crippen LogP contribution in [-0.4, -0.2) is 16.1 Å². The normalized spacial score (nSPS) is 10.1. The molecule has 0 aliphatic heterocycles. The molecule has 0 unspecified atom stereocenters. The number of nitrogens with one attached hydrogen (secondary N) is 2. The number of H-pyrrole nitrogens is 1. The molecule has 1 amide bonds. The molecule has 2 rings (SSSR count). The van der Waals surface area contributed by atoms with E-state index in [0.29, 0.717) is 11.4 Å². The van der Waals surface area contributed by atoms with Crippen LogP contribution >= 0.6 is 0 Å². The molecule has 0 bridgehead atoms. The molecule has 2 aromatic rings. The number of halogens is 1. The Hall–Kier alpha value is -2.17. The van der Waals surface area contributed by atoms with Gasteiger partial charge in [0.15, 0.2) is 0 Å². The summed E-state index contributed by atoms with van der Waals surface area (Å²) in [5, 5.41) is 8.85. The van der Waals surface area contributed by atoms with Gasteiger partial charge in [-0.1, -0.05) is 0 Å². The fraction of sp³-hybridized carbons (Fsp3) is 0.0909. The Labute approximate surface area is 91.5 Å². The summed E-state index contributed by atoms with van der Waals surface area (Å²) in [4.78, 5) is 11.7. The van der Waals surface area contributed by atoms with Gasteiger partial charge in [-0.3, -0.25) is 9.89 Å². The first-order valence-electron chi connectivity index (χ1n) is 4.73. The van der Waals surface area contributed by atoms with Crippen LogP contribution in [0.2, 0.25) is 0 Å². The van der Waals surface area contributed by atoms with E-state index in [2.05, 4.69) is 15.5 Å². The number of rotatable bonds is 2. The highest BCUT2D eigenvalue weighted by atomic mass is 19.1. The maximum Gasteiger partial charge on any atom is 0.256 e. The molecule has 2 N–H and O–H groups in total. The van der Waals surface area contributed by atoms with Gasteiger partial charge in [0.25, 0.3) is 5.91 Å². The summed E-state index contributed by atoms with van der Waals surface area (Å²) < 4.78 is 13.1. The summed E-state index contributed by atoms with van der Waals surface area (Å²) in [6.07, 6.45) is 1.52. The zero-order valence-corrected chi connectivity index (χ0v) is 8.62. The molecule has 1 aromatic carbocycles. The molecule has 82 valence electrons. The molecule has 16 heavy (non-hydrogen) atoms. The SMILES string of the molecule is Cc1cc(F)cc(C(=O)Nc2ccn[nH]2)c1. The van der Waals surface area contributed by atoms with Gasteiger partial charge in [-0.15, -0.1) is 0 Å². The van der Waals surface area contributed by atoms with E-state index < -0.39 is 5.82 Å². The van der Waals surface area contributed by atoms with Gasteiger partial charge in [0, 0.05) is 11.6 Å². The zero-order chi connectivity index (χ0) is 11.5. The summed E-state index contributed by atoms with van der Waals surface area (Å²) in [6.45, 7) is 1.73. The number of nitrogens with zero attached hydrogens (tertiary/aromatic N) is 1. The molecule has 0 radical (unpaired) electrons. The lowest BCUT2D eigenvalue weighted by atomic mass is 10.1. The van der Waals surface area contributed by atoms with E-state index in [1.165, 1.54) is 18.3 Å². The molecular weight excluding hydrogens is 209 g/mol. The summed E-state index contributed by atoms with van der Waals surface area (Å²) in [6, 6.07) is 5.80. The highest BCUT2D eigenvalue weighted by Gasteiger charge is 2.08. The van der Waals surface area contributed by atoms with E-state index in [1.807, 2.05) is 0 Å². The summed E-state index contributed by atoms with van der Waals surface area (Å²) in [7, 11) is 0. The first kappa shape index (κ1) is 10.4. The maximum atomic E-state index is 13.1. The number of amides is 1. The van der Waals surface area contributed by atoms with Crippen molar-refractivity contribution in [2.24, 2.45) is 0 Å².